The first-order valence-corrected chi connectivity index (χ1v) is 8.24. The average Bonchev–Trinajstić information content (AvgIpc) is 2.80. The topological polar surface area (TPSA) is 175 Å². The lowest BCUT2D eigenvalue weighted by molar-refractivity contribution is -0.325. The number of terminal acetylenes is 1. The molecule has 190 valence electrons. The number of carboxylic acids is 1. The third-order valence-electron chi connectivity index (χ3n) is 2.59. The van der Waals surface area contributed by atoms with Crippen LogP contribution in [0.3, 0.4) is 0 Å². The lowest BCUT2D eigenvalue weighted by Crippen LogP contribution is -2.52. The van der Waals surface area contributed by atoms with Crippen molar-refractivity contribution in [2.75, 3.05) is 7.05 Å². The van der Waals surface area contributed by atoms with Gasteiger partial charge in [-0.2, -0.15) is 0 Å². The summed E-state index contributed by atoms with van der Waals surface area (Å²) in [5.74, 6) is 29.2. The van der Waals surface area contributed by atoms with Crippen LogP contribution < -0.4 is 11.1 Å². The van der Waals surface area contributed by atoms with Gasteiger partial charge in [0, 0.05) is 68.9 Å². The largest absolute Gasteiger partial charge is 0.479 e. The van der Waals surface area contributed by atoms with Crippen molar-refractivity contribution in [3.05, 3.63) is 0 Å². The predicted octanol–water partition coefficient (Wildman–Crippen LogP) is -1.21. The highest BCUT2D eigenvalue weighted by atomic mass is 16.4. The van der Waals surface area contributed by atoms with Gasteiger partial charge < -0.3 is 31.3 Å². The molecule has 9 N–H and O–H groups in total. The van der Waals surface area contributed by atoms with Crippen molar-refractivity contribution in [2.45, 2.75) is 24.4 Å². The molecular formula is C23H47N2O7+. The molecule has 32 heavy (non-hydrogen) atoms. The van der Waals surface area contributed by atoms with Crippen molar-refractivity contribution in [1.82, 2.24) is 5.32 Å². The van der Waals surface area contributed by atoms with E-state index in [2.05, 4.69) is 88.6 Å². The normalized spacial score (nSPS) is 10.8. The summed E-state index contributed by atoms with van der Waals surface area (Å²) in [7, 11) is 1.75. The van der Waals surface area contributed by atoms with Crippen LogP contribution in [0.25, 0.3) is 0 Å². The summed E-state index contributed by atoms with van der Waals surface area (Å²) in [6, 6.07) is 2.03. The standard InChI is InChI=1S/C22H11NO7.CH5N.15H2/c1-2-3-4-5-6-7-8-9-10-11-12-13-14-15-16-23-21(28)19(26)17(24)18(25)20(27)22(29)30;1-2;;;;;;;;;;;;;;;/h1,17-20,24-27H,(H,23,28)(H,29,30);2H2,1H3;15*1H/p+1/t17-,18-,19+,20-;;;;;;;;;;;;;;;;/m1................/s1. The van der Waals surface area contributed by atoms with Gasteiger partial charge in [-0.05, 0) is 41.4 Å². The first kappa shape index (κ1) is 29.4. The molecule has 0 saturated carbocycles. The molecule has 0 saturated heterocycles. The summed E-state index contributed by atoms with van der Waals surface area (Å²) in [6.07, 6.45) is -4.32. The molecule has 9 nitrogen and oxygen atoms in total. The Hall–Kier alpha value is -4.78. The lowest BCUT2D eigenvalue weighted by atomic mass is 10.0. The fourth-order valence-corrected chi connectivity index (χ4v) is 1.25. The van der Waals surface area contributed by atoms with Crippen molar-refractivity contribution in [3.63, 3.8) is 0 Å². The van der Waals surface area contributed by atoms with Crippen LogP contribution in [-0.4, -0.2) is 68.9 Å². The second kappa shape index (κ2) is 19.5. The SMILES string of the molecule is C#CC#CC#CC#CC#CC#CC#CC#CNC(=O)[C@@H](O)[C@H](O)[C@@H](O)[C@@H](O)C(=O)O.C[NH3+].[HH].[HH].[HH].[HH].[HH].[HH].[HH].[HH].[HH].[HH].[HH].[HH].[HH].[HH].[HH]. The molecule has 0 aliphatic heterocycles. The van der Waals surface area contributed by atoms with Crippen LogP contribution in [0.5, 0.6) is 0 Å². The summed E-state index contributed by atoms with van der Waals surface area (Å²) in [6.45, 7) is 0. The summed E-state index contributed by atoms with van der Waals surface area (Å²) >= 11 is 0. The minimum atomic E-state index is -2.40. The fourth-order valence-electron chi connectivity index (χ4n) is 1.25. The molecule has 0 spiro atoms. The van der Waals surface area contributed by atoms with Gasteiger partial charge in [0.05, 0.1) is 7.05 Å². The van der Waals surface area contributed by atoms with Gasteiger partial charge in [0.25, 0.3) is 5.91 Å². The second-order valence-corrected chi connectivity index (χ2v) is 4.59. The number of hydrogen-bond acceptors (Lipinski definition) is 6. The number of nitrogens with one attached hydrogen (secondary N) is 1. The van der Waals surface area contributed by atoms with E-state index in [1.165, 1.54) is 0 Å². The maximum Gasteiger partial charge on any atom is 0.335 e. The smallest absolute Gasteiger partial charge is 0.335 e. The van der Waals surface area contributed by atoms with Crippen molar-refractivity contribution in [1.29, 1.82) is 0 Å². The van der Waals surface area contributed by atoms with Crippen LogP contribution >= 0.6 is 0 Å². The number of aliphatic hydroxyl groups excluding tert-OH is 4. The predicted molar refractivity (Wildman–Crippen MR) is 144 cm³/mol. The zero-order valence-corrected chi connectivity index (χ0v) is 16.6. The second-order valence-electron chi connectivity index (χ2n) is 4.59. The third-order valence-corrected chi connectivity index (χ3v) is 2.59. The molecule has 0 unspecified atom stereocenters. The Morgan fingerprint density at radius 1 is 0.719 bits per heavy atom. The number of carboxylic acid groups (broad SMARTS) is 1. The Morgan fingerprint density at radius 2 is 1.06 bits per heavy atom. The first-order chi connectivity index (χ1) is 15.3. The van der Waals surface area contributed by atoms with Crippen LogP contribution in [0.2, 0.25) is 0 Å². The summed E-state index contributed by atoms with van der Waals surface area (Å²) in [4.78, 5) is 22.0. The van der Waals surface area contributed by atoms with E-state index in [1.807, 2.05) is 11.4 Å². The molecule has 4 atom stereocenters. The number of aliphatic carboxylic acids is 1. The molecular weight excluding hydrogens is 416 g/mol. The van der Waals surface area contributed by atoms with Gasteiger partial charge in [0.1, 0.15) is 12.2 Å². The number of rotatable bonds is 5. The quantitative estimate of drug-likeness (QED) is 0.198. The number of aliphatic hydroxyl groups is 4. The molecule has 0 radical (unpaired) electrons. The highest BCUT2D eigenvalue weighted by molar-refractivity contribution is 5.83. The van der Waals surface area contributed by atoms with E-state index >= 15 is 0 Å². The minimum absolute atomic E-state index is 0. The van der Waals surface area contributed by atoms with Crippen molar-refractivity contribution in [2.24, 2.45) is 0 Å². The lowest BCUT2D eigenvalue weighted by Gasteiger charge is -2.23. The van der Waals surface area contributed by atoms with Gasteiger partial charge in [0.15, 0.2) is 12.2 Å². The molecule has 0 aliphatic carbocycles. The van der Waals surface area contributed by atoms with E-state index in [1.54, 1.807) is 7.05 Å². The maximum absolute atomic E-state index is 11.5. The number of hydrogen-bond donors (Lipinski definition) is 7. The van der Waals surface area contributed by atoms with Crippen LogP contribution in [0.15, 0.2) is 0 Å². The van der Waals surface area contributed by atoms with Crippen LogP contribution in [-0.2, 0) is 9.59 Å². The molecule has 1 amide bonds. The maximum atomic E-state index is 11.5. The average molecular weight is 464 g/mol. The highest BCUT2D eigenvalue weighted by Crippen LogP contribution is 2.05. The van der Waals surface area contributed by atoms with Crippen LogP contribution in [0, 0.1) is 95.4 Å². The highest BCUT2D eigenvalue weighted by Gasteiger charge is 2.37. The Bertz CT molecular complexity index is 1190. The summed E-state index contributed by atoms with van der Waals surface area (Å²) in [5, 5.41) is 47.7. The Balaban J connectivity index is -0.0000000346. The Labute approximate surface area is 207 Å². The Morgan fingerprint density at radius 3 is 1.44 bits per heavy atom. The van der Waals surface area contributed by atoms with Crippen LogP contribution in [0.4, 0.5) is 0 Å². The third kappa shape index (κ3) is 14.3. The molecule has 0 aromatic rings. The van der Waals surface area contributed by atoms with E-state index in [4.69, 9.17) is 16.6 Å². The minimum Gasteiger partial charge on any atom is -0.479 e. The Kier molecular flexibility index (Phi) is 18.0. The van der Waals surface area contributed by atoms with Gasteiger partial charge >= 0.3 is 5.97 Å². The van der Waals surface area contributed by atoms with Crippen molar-refractivity contribution < 1.29 is 62.3 Å². The molecule has 0 aromatic carbocycles. The van der Waals surface area contributed by atoms with Crippen molar-refractivity contribution in [3.8, 4) is 95.4 Å². The number of quaternary nitrogens is 1. The molecule has 0 fully saturated rings. The van der Waals surface area contributed by atoms with Crippen molar-refractivity contribution >= 4 is 11.9 Å². The molecule has 0 rings (SSSR count). The van der Waals surface area contributed by atoms with Gasteiger partial charge in [-0.3, -0.25) is 10.1 Å². The number of carbonyl (C=O) groups excluding carboxylic acids is 1. The van der Waals surface area contributed by atoms with E-state index in [0.29, 0.717) is 0 Å². The molecule has 0 aliphatic rings. The molecule has 0 bridgehead atoms. The molecule has 0 aromatic heterocycles. The zero-order valence-electron chi connectivity index (χ0n) is 16.6. The number of carbonyl (C=O) groups is 2. The summed E-state index contributed by atoms with van der Waals surface area (Å²) in [5.41, 5.74) is 3.25. The number of amides is 1. The van der Waals surface area contributed by atoms with Crippen LogP contribution in [0.1, 0.15) is 21.4 Å². The fraction of sp³-hybridized carbons (Fsp3) is 0.217. The molecule has 0 heterocycles. The van der Waals surface area contributed by atoms with Gasteiger partial charge in [-0.25, -0.2) is 4.79 Å². The van der Waals surface area contributed by atoms with Gasteiger partial charge in [0.2, 0.25) is 0 Å². The van der Waals surface area contributed by atoms with Gasteiger partial charge in [-0.15, -0.1) is 6.42 Å². The first-order valence-electron chi connectivity index (χ1n) is 8.24. The molecule has 9 heteroatoms. The monoisotopic (exact) mass is 463 g/mol. The van der Waals surface area contributed by atoms with E-state index in [0.717, 1.165) is 0 Å². The zero-order chi connectivity index (χ0) is 24.8. The van der Waals surface area contributed by atoms with E-state index in [9.17, 15) is 24.9 Å². The van der Waals surface area contributed by atoms with Gasteiger partial charge in [-0.1, -0.05) is 0 Å². The van der Waals surface area contributed by atoms with E-state index in [-0.39, 0.29) is 21.4 Å². The van der Waals surface area contributed by atoms with E-state index < -0.39 is 36.3 Å². The summed E-state index contributed by atoms with van der Waals surface area (Å²) < 4.78 is 0.